The number of hydrogen-bond acceptors (Lipinski definition) is 2. The molecule has 2 nitrogen and oxygen atoms in total. The molecule has 0 unspecified atom stereocenters. The zero-order chi connectivity index (χ0) is 8.85. The van der Waals surface area contributed by atoms with E-state index in [0.29, 0.717) is 0 Å². The van der Waals surface area contributed by atoms with E-state index in [1.807, 2.05) is 5.32 Å². The molecule has 2 N–H and O–H groups in total. The highest BCUT2D eigenvalue weighted by Crippen LogP contribution is 2.00. The normalized spacial score (nSPS) is 14.5. The summed E-state index contributed by atoms with van der Waals surface area (Å²) < 4.78 is 46.2. The number of aliphatic hydroxyl groups excluding tert-OH is 1. The minimum absolute atomic E-state index is 0.824. The lowest BCUT2D eigenvalue weighted by Crippen LogP contribution is -2.41. The summed E-state index contributed by atoms with van der Waals surface area (Å²) in [6.07, 6.45) is -5.50. The summed E-state index contributed by atoms with van der Waals surface area (Å²) in [6, 6.07) is -1.55. The van der Waals surface area contributed by atoms with Crippen LogP contribution >= 0.6 is 0 Å². The second-order valence-electron chi connectivity index (χ2n) is 1.92. The van der Waals surface area contributed by atoms with Crippen LogP contribution in [-0.4, -0.2) is 37.2 Å². The lowest BCUT2D eigenvalue weighted by Gasteiger charge is -2.13. The van der Waals surface area contributed by atoms with Crippen LogP contribution in [0.15, 0.2) is 0 Å². The van der Waals surface area contributed by atoms with Crippen molar-refractivity contribution >= 4 is 0 Å². The molecule has 0 radical (unpaired) electrons. The Morgan fingerprint density at radius 3 is 2.00 bits per heavy atom. The average molecular weight is 175 g/mol. The third kappa shape index (κ3) is 4.97. The number of alkyl halides is 4. The predicted octanol–water partition coefficient (Wildman–Crippen LogP) is 0.467. The zero-order valence-corrected chi connectivity index (χ0v) is 5.61. The van der Waals surface area contributed by atoms with Crippen LogP contribution in [0.25, 0.3) is 0 Å². The summed E-state index contributed by atoms with van der Waals surface area (Å²) in [6.45, 7) is -1.67. The number of nitrogens with one attached hydrogen (secondary N) is 1. The lowest BCUT2D eigenvalue weighted by molar-refractivity contribution is 0.0524. The van der Waals surface area contributed by atoms with E-state index in [-0.39, 0.29) is 0 Å². The SMILES string of the molecule is OC[C@@H](NCC(F)F)C(F)F. The van der Waals surface area contributed by atoms with Crippen LogP contribution in [-0.2, 0) is 0 Å². The Morgan fingerprint density at radius 2 is 1.73 bits per heavy atom. The summed E-state index contributed by atoms with van der Waals surface area (Å²) >= 11 is 0. The summed E-state index contributed by atoms with van der Waals surface area (Å²) in [5, 5.41) is 10.0. The van der Waals surface area contributed by atoms with Gasteiger partial charge in [-0.05, 0) is 0 Å². The summed E-state index contributed by atoms with van der Waals surface area (Å²) in [5.74, 6) is 0. The van der Waals surface area contributed by atoms with Gasteiger partial charge in [-0.3, -0.25) is 0 Å². The molecule has 0 bridgehead atoms. The van der Waals surface area contributed by atoms with Gasteiger partial charge in [0.25, 0.3) is 12.9 Å². The second-order valence-corrected chi connectivity index (χ2v) is 1.92. The lowest BCUT2D eigenvalue weighted by atomic mass is 10.3. The summed E-state index contributed by atoms with van der Waals surface area (Å²) in [7, 11) is 0. The van der Waals surface area contributed by atoms with E-state index in [1.54, 1.807) is 0 Å². The highest BCUT2D eigenvalue weighted by Gasteiger charge is 2.19. The maximum Gasteiger partial charge on any atom is 0.255 e. The fourth-order valence-corrected chi connectivity index (χ4v) is 0.474. The molecule has 0 amide bonds. The first-order chi connectivity index (χ1) is 5.07. The molecule has 68 valence electrons. The fraction of sp³-hybridized carbons (Fsp3) is 1.00. The quantitative estimate of drug-likeness (QED) is 0.595. The molecule has 0 aromatic heterocycles. The molecule has 0 saturated heterocycles. The van der Waals surface area contributed by atoms with Crippen molar-refractivity contribution in [3.63, 3.8) is 0 Å². The van der Waals surface area contributed by atoms with Crippen LogP contribution in [0, 0.1) is 0 Å². The topological polar surface area (TPSA) is 32.3 Å². The fourth-order valence-electron chi connectivity index (χ4n) is 0.474. The minimum atomic E-state index is -2.82. The Hall–Kier alpha value is -0.360. The van der Waals surface area contributed by atoms with Crippen molar-refractivity contribution in [1.82, 2.24) is 5.32 Å². The largest absolute Gasteiger partial charge is 0.395 e. The van der Waals surface area contributed by atoms with Gasteiger partial charge in [0.2, 0.25) is 0 Å². The summed E-state index contributed by atoms with van der Waals surface area (Å²) in [5.41, 5.74) is 0. The van der Waals surface area contributed by atoms with Crippen molar-refractivity contribution in [3.8, 4) is 0 Å². The third-order valence-electron chi connectivity index (χ3n) is 1.04. The van der Waals surface area contributed by atoms with E-state index in [1.165, 1.54) is 0 Å². The predicted molar refractivity (Wildman–Crippen MR) is 30.9 cm³/mol. The molecule has 0 aromatic rings. The van der Waals surface area contributed by atoms with Gasteiger partial charge in [-0.1, -0.05) is 0 Å². The van der Waals surface area contributed by atoms with E-state index in [4.69, 9.17) is 5.11 Å². The van der Waals surface area contributed by atoms with E-state index in [0.717, 1.165) is 0 Å². The molecule has 6 heteroatoms. The maximum absolute atomic E-state index is 11.7. The van der Waals surface area contributed by atoms with E-state index in [2.05, 4.69) is 0 Å². The first-order valence-electron chi connectivity index (χ1n) is 2.98. The van der Waals surface area contributed by atoms with Gasteiger partial charge >= 0.3 is 0 Å². The monoisotopic (exact) mass is 175 g/mol. The molecular weight excluding hydrogens is 166 g/mol. The zero-order valence-electron chi connectivity index (χ0n) is 5.61. The van der Waals surface area contributed by atoms with Crippen LogP contribution < -0.4 is 5.32 Å². The first kappa shape index (κ1) is 10.6. The van der Waals surface area contributed by atoms with Gasteiger partial charge in [0.15, 0.2) is 0 Å². The van der Waals surface area contributed by atoms with Crippen LogP contribution in [0.5, 0.6) is 0 Å². The number of halogens is 4. The van der Waals surface area contributed by atoms with Gasteiger partial charge < -0.3 is 10.4 Å². The van der Waals surface area contributed by atoms with Gasteiger partial charge in [-0.2, -0.15) is 0 Å². The third-order valence-corrected chi connectivity index (χ3v) is 1.04. The van der Waals surface area contributed by atoms with Crippen molar-refractivity contribution in [2.24, 2.45) is 0 Å². The Morgan fingerprint density at radius 1 is 1.18 bits per heavy atom. The highest BCUT2D eigenvalue weighted by molar-refractivity contribution is 4.67. The van der Waals surface area contributed by atoms with Crippen molar-refractivity contribution in [2.45, 2.75) is 18.9 Å². The van der Waals surface area contributed by atoms with Crippen molar-refractivity contribution < 1.29 is 22.7 Å². The standard InChI is InChI=1S/C5H9F4NO/c6-4(7)1-10-3(2-11)5(8)9/h3-5,10-11H,1-2H2/t3-/m1/s1. The molecule has 1 atom stereocenters. The number of aliphatic hydroxyl groups is 1. The highest BCUT2D eigenvalue weighted by atomic mass is 19.3. The van der Waals surface area contributed by atoms with Gasteiger partial charge in [0.1, 0.15) is 0 Å². The molecule has 0 aliphatic heterocycles. The molecule has 0 rings (SSSR count). The van der Waals surface area contributed by atoms with Crippen molar-refractivity contribution in [3.05, 3.63) is 0 Å². The van der Waals surface area contributed by atoms with E-state index < -0.39 is 32.0 Å². The number of rotatable bonds is 5. The molecule has 0 heterocycles. The molecule has 0 aliphatic rings. The molecule has 0 fully saturated rings. The van der Waals surface area contributed by atoms with E-state index in [9.17, 15) is 17.6 Å². The second kappa shape index (κ2) is 5.31. The maximum atomic E-state index is 11.7. The number of hydrogen-bond donors (Lipinski definition) is 2. The molecule has 0 aliphatic carbocycles. The summed E-state index contributed by atoms with van der Waals surface area (Å²) in [4.78, 5) is 0. The Labute approximate surface area is 61.2 Å². The molecule has 0 aromatic carbocycles. The van der Waals surface area contributed by atoms with Crippen molar-refractivity contribution in [1.29, 1.82) is 0 Å². The molecule has 11 heavy (non-hydrogen) atoms. The smallest absolute Gasteiger partial charge is 0.255 e. The van der Waals surface area contributed by atoms with Crippen molar-refractivity contribution in [2.75, 3.05) is 13.2 Å². The molecule has 0 spiro atoms. The first-order valence-corrected chi connectivity index (χ1v) is 2.98. The minimum Gasteiger partial charge on any atom is -0.395 e. The van der Waals surface area contributed by atoms with Crippen LogP contribution in [0.3, 0.4) is 0 Å². The van der Waals surface area contributed by atoms with Gasteiger partial charge in [0.05, 0.1) is 19.2 Å². The Bertz CT molecular complexity index is 100. The van der Waals surface area contributed by atoms with Crippen LogP contribution in [0.4, 0.5) is 17.6 Å². The Balaban J connectivity index is 3.52. The average Bonchev–Trinajstić information content (AvgIpc) is 1.87. The molecule has 0 saturated carbocycles. The van der Waals surface area contributed by atoms with Crippen LogP contribution in [0.2, 0.25) is 0 Å². The van der Waals surface area contributed by atoms with Crippen LogP contribution in [0.1, 0.15) is 0 Å². The van der Waals surface area contributed by atoms with Gasteiger partial charge in [-0.25, -0.2) is 17.6 Å². The van der Waals surface area contributed by atoms with E-state index >= 15 is 0 Å². The Kier molecular flexibility index (Phi) is 5.14. The molecular formula is C5H9F4NO. The van der Waals surface area contributed by atoms with Gasteiger partial charge in [0, 0.05) is 0 Å². The van der Waals surface area contributed by atoms with Gasteiger partial charge in [-0.15, -0.1) is 0 Å².